The molecular formula is C13H9N3O2-2. The number of nitrogens with zero attached hydrogens (tertiary/aromatic N) is 3. The van der Waals surface area contributed by atoms with Gasteiger partial charge in [0.2, 0.25) is 0 Å². The van der Waals surface area contributed by atoms with E-state index in [2.05, 4.69) is 9.97 Å². The fraction of sp³-hybridized carbons (Fsp3) is 0.0769. The molecule has 18 heavy (non-hydrogen) atoms. The van der Waals surface area contributed by atoms with Gasteiger partial charge in [-0.05, 0) is 12.8 Å². The fourth-order valence-electron chi connectivity index (χ4n) is 1.83. The van der Waals surface area contributed by atoms with Gasteiger partial charge in [0.15, 0.2) is 5.65 Å². The van der Waals surface area contributed by atoms with E-state index in [-0.39, 0.29) is 11.6 Å². The lowest BCUT2D eigenvalue weighted by atomic mass is 10.1. The number of hydrogen-bond donors (Lipinski definition) is 0. The summed E-state index contributed by atoms with van der Waals surface area (Å²) in [6.45, 7) is 1.67. The predicted octanol–water partition coefficient (Wildman–Crippen LogP) is 0.852. The Balaban J connectivity index is 2.18. The zero-order chi connectivity index (χ0) is 12.7. The van der Waals surface area contributed by atoms with E-state index in [1.165, 1.54) is 16.5 Å². The minimum Gasteiger partial charge on any atom is -0.872 e. The Labute approximate surface area is 103 Å². The first-order valence-electron chi connectivity index (χ1n) is 5.44. The van der Waals surface area contributed by atoms with E-state index in [9.17, 15) is 10.2 Å². The molecule has 3 rings (SSSR count). The standard InChI is InChI=1S/C13H11N3O2/c1-8-13(18)16-7-11(14-6-12(16)15-8)9-2-4-10(17)5-3-9/h2-7,17-18H,1H3/p-2. The van der Waals surface area contributed by atoms with Crippen LogP contribution in [0.1, 0.15) is 5.69 Å². The summed E-state index contributed by atoms with van der Waals surface area (Å²) in [6, 6.07) is 6.31. The van der Waals surface area contributed by atoms with Crippen molar-refractivity contribution < 1.29 is 10.2 Å². The van der Waals surface area contributed by atoms with Gasteiger partial charge in [-0.3, -0.25) is 4.98 Å². The highest BCUT2D eigenvalue weighted by atomic mass is 16.3. The monoisotopic (exact) mass is 239 g/mol. The van der Waals surface area contributed by atoms with Gasteiger partial charge in [-0.1, -0.05) is 24.3 Å². The van der Waals surface area contributed by atoms with Gasteiger partial charge in [0.25, 0.3) is 0 Å². The van der Waals surface area contributed by atoms with Crippen LogP contribution in [0.4, 0.5) is 0 Å². The summed E-state index contributed by atoms with van der Waals surface area (Å²) < 4.78 is 1.46. The number of benzene rings is 1. The van der Waals surface area contributed by atoms with Gasteiger partial charge in [0.05, 0.1) is 11.9 Å². The van der Waals surface area contributed by atoms with Gasteiger partial charge < -0.3 is 14.6 Å². The highest BCUT2D eigenvalue weighted by molar-refractivity contribution is 5.61. The van der Waals surface area contributed by atoms with Crippen molar-refractivity contribution in [2.75, 3.05) is 0 Å². The minimum atomic E-state index is -0.144. The van der Waals surface area contributed by atoms with Crippen LogP contribution < -0.4 is 10.2 Å². The fourth-order valence-corrected chi connectivity index (χ4v) is 1.83. The Morgan fingerprint density at radius 3 is 2.56 bits per heavy atom. The normalized spacial score (nSPS) is 10.9. The van der Waals surface area contributed by atoms with Gasteiger partial charge in [0.1, 0.15) is 0 Å². The zero-order valence-electron chi connectivity index (χ0n) is 9.62. The minimum absolute atomic E-state index is 0.0529. The molecule has 1 aromatic carbocycles. The molecule has 0 N–H and O–H groups in total. The maximum absolute atomic E-state index is 11.8. The van der Waals surface area contributed by atoms with Crippen LogP contribution in [0, 0.1) is 6.92 Å². The molecule has 0 radical (unpaired) electrons. The second kappa shape index (κ2) is 3.73. The Hall–Kier alpha value is -2.56. The van der Waals surface area contributed by atoms with Crippen molar-refractivity contribution in [3.05, 3.63) is 42.4 Å². The molecular weight excluding hydrogens is 230 g/mol. The van der Waals surface area contributed by atoms with Crippen LogP contribution in [0.25, 0.3) is 16.9 Å². The molecule has 2 aromatic heterocycles. The third kappa shape index (κ3) is 1.57. The lowest BCUT2D eigenvalue weighted by molar-refractivity contribution is -0.277. The third-order valence-corrected chi connectivity index (χ3v) is 2.78. The van der Waals surface area contributed by atoms with E-state index in [1.54, 1.807) is 31.5 Å². The van der Waals surface area contributed by atoms with Gasteiger partial charge in [-0.15, -0.1) is 5.75 Å². The lowest BCUT2D eigenvalue weighted by Gasteiger charge is -2.09. The quantitative estimate of drug-likeness (QED) is 0.630. The van der Waals surface area contributed by atoms with Crippen LogP contribution in [-0.2, 0) is 0 Å². The molecule has 0 amide bonds. The number of hydrogen-bond acceptors (Lipinski definition) is 4. The van der Waals surface area contributed by atoms with Crippen molar-refractivity contribution in [3.63, 3.8) is 0 Å². The van der Waals surface area contributed by atoms with Crippen molar-refractivity contribution >= 4 is 5.65 Å². The van der Waals surface area contributed by atoms with E-state index in [1.807, 2.05) is 0 Å². The van der Waals surface area contributed by atoms with E-state index in [0.717, 1.165) is 5.56 Å². The maximum Gasteiger partial charge on any atom is 0.154 e. The van der Waals surface area contributed by atoms with E-state index in [0.29, 0.717) is 17.0 Å². The van der Waals surface area contributed by atoms with Crippen molar-refractivity contribution in [1.82, 2.24) is 14.4 Å². The van der Waals surface area contributed by atoms with Crippen LogP contribution in [-0.4, -0.2) is 14.4 Å². The van der Waals surface area contributed by atoms with Gasteiger partial charge in [0, 0.05) is 17.5 Å². The average Bonchev–Trinajstić information content (AvgIpc) is 2.66. The first-order valence-corrected chi connectivity index (χ1v) is 5.44. The van der Waals surface area contributed by atoms with E-state index < -0.39 is 0 Å². The van der Waals surface area contributed by atoms with Crippen LogP contribution in [0.2, 0.25) is 0 Å². The SMILES string of the molecule is Cc1nc2cnc(-c3ccc([O-])cc3)cn2c1[O-]. The van der Waals surface area contributed by atoms with Crippen molar-refractivity contribution in [2.24, 2.45) is 0 Å². The van der Waals surface area contributed by atoms with Crippen LogP contribution >= 0.6 is 0 Å². The van der Waals surface area contributed by atoms with Crippen LogP contribution in [0.3, 0.4) is 0 Å². The molecule has 0 aliphatic rings. The molecule has 0 atom stereocenters. The van der Waals surface area contributed by atoms with Gasteiger partial charge in [-0.25, -0.2) is 4.98 Å². The third-order valence-electron chi connectivity index (χ3n) is 2.78. The molecule has 0 spiro atoms. The second-order valence-electron chi connectivity index (χ2n) is 4.03. The molecule has 5 heteroatoms. The molecule has 90 valence electrons. The molecule has 5 nitrogen and oxygen atoms in total. The summed E-state index contributed by atoms with van der Waals surface area (Å²) in [7, 11) is 0. The number of fused-ring (bicyclic) bond motifs is 1. The summed E-state index contributed by atoms with van der Waals surface area (Å²) in [5, 5.41) is 22.8. The smallest absolute Gasteiger partial charge is 0.154 e. The molecule has 0 saturated heterocycles. The first-order chi connectivity index (χ1) is 8.65. The number of aryl methyl sites for hydroxylation is 1. The Bertz CT molecular complexity index is 717. The Kier molecular flexibility index (Phi) is 2.19. The molecule has 0 bridgehead atoms. The molecule has 0 aliphatic carbocycles. The van der Waals surface area contributed by atoms with Crippen LogP contribution in [0.5, 0.6) is 11.6 Å². The molecule has 0 unspecified atom stereocenters. The summed E-state index contributed by atoms with van der Waals surface area (Å²) >= 11 is 0. The van der Waals surface area contributed by atoms with E-state index in [4.69, 9.17) is 0 Å². The summed E-state index contributed by atoms with van der Waals surface area (Å²) in [4.78, 5) is 8.34. The Morgan fingerprint density at radius 2 is 1.83 bits per heavy atom. The number of rotatable bonds is 1. The molecule has 0 fully saturated rings. The number of imidazole rings is 1. The molecule has 2 heterocycles. The van der Waals surface area contributed by atoms with Gasteiger partial charge >= 0.3 is 0 Å². The lowest BCUT2D eigenvalue weighted by Crippen LogP contribution is -1.98. The largest absolute Gasteiger partial charge is 0.872 e. The highest BCUT2D eigenvalue weighted by Crippen LogP contribution is 2.22. The van der Waals surface area contributed by atoms with Gasteiger partial charge in [-0.2, -0.15) is 0 Å². The zero-order valence-corrected chi connectivity index (χ0v) is 9.62. The number of aromatic nitrogens is 3. The Morgan fingerprint density at radius 1 is 1.11 bits per heavy atom. The van der Waals surface area contributed by atoms with E-state index >= 15 is 0 Å². The van der Waals surface area contributed by atoms with Crippen molar-refractivity contribution in [3.8, 4) is 22.9 Å². The molecule has 3 aromatic rings. The topological polar surface area (TPSA) is 76.3 Å². The van der Waals surface area contributed by atoms with Crippen LogP contribution in [0.15, 0.2) is 36.7 Å². The second-order valence-corrected chi connectivity index (χ2v) is 4.03. The molecule has 0 saturated carbocycles. The summed E-state index contributed by atoms with van der Waals surface area (Å²) in [5.41, 5.74) is 2.41. The van der Waals surface area contributed by atoms with Crippen molar-refractivity contribution in [1.29, 1.82) is 0 Å². The summed E-state index contributed by atoms with van der Waals surface area (Å²) in [6.07, 6.45) is 3.19. The van der Waals surface area contributed by atoms with Crippen molar-refractivity contribution in [2.45, 2.75) is 6.92 Å². The summed E-state index contributed by atoms with van der Waals surface area (Å²) in [5.74, 6) is -0.197. The predicted molar refractivity (Wildman–Crippen MR) is 62.1 cm³/mol. The highest BCUT2D eigenvalue weighted by Gasteiger charge is 2.04. The average molecular weight is 239 g/mol. The first kappa shape index (κ1) is 10.6. The maximum atomic E-state index is 11.8. The molecule has 0 aliphatic heterocycles.